The molecule has 0 fully saturated rings. The maximum atomic E-state index is 11.8. The van der Waals surface area contributed by atoms with Crippen LogP contribution in [-0.4, -0.2) is 14.2 Å². The van der Waals surface area contributed by atoms with Gasteiger partial charge < -0.3 is 0 Å². The van der Waals surface area contributed by atoms with Crippen LogP contribution in [-0.2, 0) is 9.84 Å². The highest BCUT2D eigenvalue weighted by Gasteiger charge is 2.14. The molecule has 1 rings (SSSR count). The van der Waals surface area contributed by atoms with Crippen LogP contribution in [0.3, 0.4) is 0 Å². The van der Waals surface area contributed by atoms with E-state index in [4.69, 9.17) is 6.42 Å². The van der Waals surface area contributed by atoms with Crippen molar-refractivity contribution in [2.75, 3.05) is 5.75 Å². The van der Waals surface area contributed by atoms with E-state index in [-0.39, 0.29) is 11.7 Å². The van der Waals surface area contributed by atoms with E-state index in [9.17, 15) is 8.42 Å². The van der Waals surface area contributed by atoms with Crippen LogP contribution in [0, 0.1) is 12.3 Å². The summed E-state index contributed by atoms with van der Waals surface area (Å²) in [5, 5.41) is 0. The summed E-state index contributed by atoms with van der Waals surface area (Å²) in [7, 11) is -3.13. The quantitative estimate of drug-likeness (QED) is 0.753. The maximum absolute atomic E-state index is 11.8. The molecule has 0 saturated heterocycles. The van der Waals surface area contributed by atoms with E-state index in [0.29, 0.717) is 11.3 Å². The molecule has 0 saturated carbocycles. The predicted octanol–water partition coefficient (Wildman–Crippen LogP) is 3.00. The zero-order valence-corrected chi connectivity index (χ0v) is 11.1. The molecule has 0 spiro atoms. The molecule has 1 aromatic rings. The summed E-state index contributed by atoms with van der Waals surface area (Å²) < 4.78 is 23.6. The molecule has 0 aliphatic rings. The average molecular weight is 250 g/mol. The highest BCUT2D eigenvalue weighted by Crippen LogP contribution is 2.25. The molecule has 1 unspecified atom stereocenters. The number of rotatable bonds is 5. The first-order valence-corrected chi connectivity index (χ1v) is 7.46. The van der Waals surface area contributed by atoms with Crippen LogP contribution in [0.2, 0.25) is 0 Å². The number of hydrogen-bond donors (Lipinski definition) is 0. The summed E-state index contributed by atoms with van der Waals surface area (Å²) in [5.74, 6) is 3.01. The van der Waals surface area contributed by atoms with E-state index < -0.39 is 9.84 Å². The van der Waals surface area contributed by atoms with Gasteiger partial charge in [0, 0.05) is 6.42 Å². The van der Waals surface area contributed by atoms with Crippen LogP contribution in [0.4, 0.5) is 0 Å². The van der Waals surface area contributed by atoms with Gasteiger partial charge in [0.1, 0.15) is 0 Å². The molecule has 0 radical (unpaired) electrons. The summed E-state index contributed by atoms with van der Waals surface area (Å²) in [6, 6.07) is 7.13. The Bertz CT molecular complexity index is 509. The van der Waals surface area contributed by atoms with Crippen molar-refractivity contribution in [3.05, 3.63) is 29.8 Å². The van der Waals surface area contributed by atoms with Crippen molar-refractivity contribution >= 4 is 9.84 Å². The van der Waals surface area contributed by atoms with Gasteiger partial charge in [-0.25, -0.2) is 8.42 Å². The van der Waals surface area contributed by atoms with Gasteiger partial charge in [0.05, 0.1) is 10.6 Å². The van der Waals surface area contributed by atoms with Gasteiger partial charge >= 0.3 is 0 Å². The summed E-state index contributed by atoms with van der Waals surface area (Å²) in [5.41, 5.74) is 1.01. The number of sulfone groups is 1. The van der Waals surface area contributed by atoms with Crippen molar-refractivity contribution in [2.24, 2.45) is 0 Å². The maximum Gasteiger partial charge on any atom is 0.178 e. The normalized spacial score (nSPS) is 13.0. The third-order valence-corrected chi connectivity index (χ3v) is 4.66. The van der Waals surface area contributed by atoms with Gasteiger partial charge in [0.25, 0.3) is 0 Å². The summed E-state index contributed by atoms with van der Waals surface area (Å²) >= 11 is 0. The van der Waals surface area contributed by atoms with Gasteiger partial charge in [0.2, 0.25) is 0 Å². The Morgan fingerprint density at radius 1 is 1.35 bits per heavy atom. The molecule has 0 aliphatic heterocycles. The zero-order valence-electron chi connectivity index (χ0n) is 10.3. The summed E-state index contributed by atoms with van der Waals surface area (Å²) in [6.45, 7) is 3.71. The molecule has 2 nitrogen and oxygen atoms in total. The Hall–Kier alpha value is -1.27. The van der Waals surface area contributed by atoms with Crippen LogP contribution < -0.4 is 0 Å². The Balaban J connectivity index is 3.14. The molecule has 1 atom stereocenters. The van der Waals surface area contributed by atoms with Gasteiger partial charge in [-0.1, -0.05) is 26.0 Å². The third-order valence-electron chi connectivity index (χ3n) is 2.93. The predicted molar refractivity (Wildman–Crippen MR) is 70.7 cm³/mol. The standard InChI is InChI=1S/C14H18O2S/c1-4-8-12(5-2)13-9-7-10-14(11-13)17(15,16)6-3/h1,7,9-12H,5-6,8H2,2-3H3. The van der Waals surface area contributed by atoms with Gasteiger partial charge in [-0.05, 0) is 30.0 Å². The Morgan fingerprint density at radius 2 is 2.06 bits per heavy atom. The SMILES string of the molecule is C#CCC(CC)c1cccc(S(=O)(=O)CC)c1. The molecule has 0 heterocycles. The Kier molecular flexibility index (Phi) is 4.77. The molecule has 3 heteroatoms. The van der Waals surface area contributed by atoms with Gasteiger partial charge in [-0.3, -0.25) is 0 Å². The lowest BCUT2D eigenvalue weighted by Crippen LogP contribution is -2.05. The largest absolute Gasteiger partial charge is 0.224 e. The second-order valence-electron chi connectivity index (χ2n) is 3.99. The number of terminal acetylenes is 1. The topological polar surface area (TPSA) is 34.1 Å². The molecular weight excluding hydrogens is 232 g/mol. The van der Waals surface area contributed by atoms with E-state index in [2.05, 4.69) is 12.8 Å². The minimum Gasteiger partial charge on any atom is -0.224 e. The fourth-order valence-corrected chi connectivity index (χ4v) is 2.70. The highest BCUT2D eigenvalue weighted by atomic mass is 32.2. The molecule has 0 N–H and O–H groups in total. The van der Waals surface area contributed by atoms with Crippen LogP contribution in [0.1, 0.15) is 38.2 Å². The second kappa shape index (κ2) is 5.88. The Morgan fingerprint density at radius 3 is 2.59 bits per heavy atom. The monoisotopic (exact) mass is 250 g/mol. The Labute approximate surface area is 104 Å². The highest BCUT2D eigenvalue weighted by molar-refractivity contribution is 7.91. The van der Waals surface area contributed by atoms with Gasteiger partial charge in [-0.2, -0.15) is 0 Å². The van der Waals surface area contributed by atoms with Crippen molar-refractivity contribution in [2.45, 2.75) is 37.5 Å². The first-order chi connectivity index (χ1) is 8.05. The third kappa shape index (κ3) is 3.34. The van der Waals surface area contributed by atoms with Crippen molar-refractivity contribution in [1.82, 2.24) is 0 Å². The first kappa shape index (κ1) is 13.8. The van der Waals surface area contributed by atoms with Gasteiger partial charge in [0.15, 0.2) is 9.84 Å². The smallest absolute Gasteiger partial charge is 0.178 e. The molecule has 0 amide bonds. The lowest BCUT2D eigenvalue weighted by atomic mass is 9.94. The van der Waals surface area contributed by atoms with Gasteiger partial charge in [-0.15, -0.1) is 12.3 Å². The lowest BCUT2D eigenvalue weighted by molar-refractivity contribution is 0.596. The van der Waals surface area contributed by atoms with E-state index in [1.807, 2.05) is 6.07 Å². The second-order valence-corrected chi connectivity index (χ2v) is 6.27. The fraction of sp³-hybridized carbons (Fsp3) is 0.429. The first-order valence-electron chi connectivity index (χ1n) is 5.81. The van der Waals surface area contributed by atoms with E-state index >= 15 is 0 Å². The zero-order chi connectivity index (χ0) is 12.9. The lowest BCUT2D eigenvalue weighted by Gasteiger charge is -2.13. The van der Waals surface area contributed by atoms with Crippen molar-refractivity contribution in [3.8, 4) is 12.3 Å². The molecule has 0 aromatic heterocycles. The van der Waals surface area contributed by atoms with Crippen LogP contribution in [0.5, 0.6) is 0 Å². The molecule has 0 bridgehead atoms. The minimum absolute atomic E-state index is 0.127. The molecule has 92 valence electrons. The number of hydrogen-bond acceptors (Lipinski definition) is 2. The molecule has 1 aromatic carbocycles. The van der Waals surface area contributed by atoms with Crippen molar-refractivity contribution < 1.29 is 8.42 Å². The molecular formula is C14H18O2S. The van der Waals surface area contributed by atoms with E-state index in [0.717, 1.165) is 12.0 Å². The van der Waals surface area contributed by atoms with E-state index in [1.165, 1.54) is 0 Å². The minimum atomic E-state index is -3.13. The van der Waals surface area contributed by atoms with Crippen LogP contribution >= 0.6 is 0 Å². The van der Waals surface area contributed by atoms with Crippen LogP contribution in [0.25, 0.3) is 0 Å². The summed E-state index contributed by atoms with van der Waals surface area (Å²) in [6.07, 6.45) is 6.89. The average Bonchev–Trinajstić information content (AvgIpc) is 2.36. The van der Waals surface area contributed by atoms with Crippen molar-refractivity contribution in [3.63, 3.8) is 0 Å². The van der Waals surface area contributed by atoms with Crippen LogP contribution in [0.15, 0.2) is 29.2 Å². The molecule has 17 heavy (non-hydrogen) atoms. The van der Waals surface area contributed by atoms with E-state index in [1.54, 1.807) is 25.1 Å². The van der Waals surface area contributed by atoms with Crippen molar-refractivity contribution in [1.29, 1.82) is 0 Å². The summed E-state index contributed by atoms with van der Waals surface area (Å²) in [4.78, 5) is 0.396. The number of benzene rings is 1. The fourth-order valence-electron chi connectivity index (χ4n) is 1.77. The molecule has 0 aliphatic carbocycles.